The van der Waals surface area contributed by atoms with Gasteiger partial charge in [0.15, 0.2) is 5.78 Å². The normalized spacial score (nSPS) is 28.5. The van der Waals surface area contributed by atoms with Crippen molar-refractivity contribution in [1.29, 1.82) is 0 Å². The minimum Gasteiger partial charge on any atom is -0.372 e. The molecule has 4 heterocycles. The molecule has 2 unspecified atom stereocenters. The molecule has 2 bridgehead atoms. The van der Waals surface area contributed by atoms with E-state index in [2.05, 4.69) is 46.2 Å². The van der Waals surface area contributed by atoms with Gasteiger partial charge in [0, 0.05) is 36.8 Å². The number of hydrogen-bond acceptors (Lipinski definition) is 4. The summed E-state index contributed by atoms with van der Waals surface area (Å²) >= 11 is 0. The lowest BCUT2D eigenvalue weighted by Crippen LogP contribution is -2.33. The molecule has 6 rings (SSSR count). The summed E-state index contributed by atoms with van der Waals surface area (Å²) in [6, 6.07) is 18.7. The summed E-state index contributed by atoms with van der Waals surface area (Å²) in [4.78, 5) is 18.0. The first-order valence-electron chi connectivity index (χ1n) is 11.5. The number of ether oxygens (including phenoxy) is 1. The molecule has 158 valence electrons. The summed E-state index contributed by atoms with van der Waals surface area (Å²) in [6.07, 6.45) is 4.93. The lowest BCUT2D eigenvalue weighted by molar-refractivity contribution is 0.0553. The highest BCUT2D eigenvalue weighted by molar-refractivity contribution is 5.98. The van der Waals surface area contributed by atoms with Crippen molar-refractivity contribution in [2.24, 2.45) is 11.8 Å². The van der Waals surface area contributed by atoms with Crippen molar-refractivity contribution in [2.45, 2.75) is 38.4 Å². The Morgan fingerprint density at radius 3 is 2.43 bits per heavy atom. The Hall–Kier alpha value is -2.17. The van der Waals surface area contributed by atoms with Gasteiger partial charge in [-0.3, -0.25) is 4.79 Å². The van der Waals surface area contributed by atoms with Crippen molar-refractivity contribution in [2.75, 3.05) is 37.6 Å². The molecule has 2 atom stereocenters. The number of piperidine rings is 1. The van der Waals surface area contributed by atoms with Gasteiger partial charge in [0.25, 0.3) is 0 Å². The van der Waals surface area contributed by atoms with Crippen LogP contribution in [0.15, 0.2) is 54.6 Å². The van der Waals surface area contributed by atoms with Gasteiger partial charge in [0.1, 0.15) is 0 Å². The second-order valence-electron chi connectivity index (χ2n) is 9.24. The van der Waals surface area contributed by atoms with Crippen LogP contribution in [-0.4, -0.2) is 49.5 Å². The summed E-state index contributed by atoms with van der Waals surface area (Å²) in [5.41, 5.74) is 3.30. The third-order valence-corrected chi connectivity index (χ3v) is 7.16. The van der Waals surface area contributed by atoms with Crippen LogP contribution in [0.25, 0.3) is 0 Å². The molecule has 2 aromatic rings. The molecular formula is C26H32N2O2. The van der Waals surface area contributed by atoms with E-state index in [0.717, 1.165) is 44.0 Å². The molecule has 4 saturated heterocycles. The van der Waals surface area contributed by atoms with E-state index in [1.807, 2.05) is 18.2 Å². The zero-order valence-corrected chi connectivity index (χ0v) is 17.7. The van der Waals surface area contributed by atoms with Crippen molar-refractivity contribution in [1.82, 2.24) is 4.90 Å². The molecule has 0 aliphatic carbocycles. The number of carbonyl (C=O) groups is 1. The number of Topliss-reactive ketones (excluding diaryl/α,β-unsaturated/α-hetero) is 1. The van der Waals surface area contributed by atoms with Gasteiger partial charge in [-0.15, -0.1) is 0 Å². The van der Waals surface area contributed by atoms with E-state index in [9.17, 15) is 4.79 Å². The first-order valence-corrected chi connectivity index (χ1v) is 11.5. The van der Waals surface area contributed by atoms with Crippen molar-refractivity contribution in [3.63, 3.8) is 0 Å². The third kappa shape index (κ3) is 4.45. The average molecular weight is 405 g/mol. The van der Waals surface area contributed by atoms with Crippen LogP contribution in [-0.2, 0) is 11.3 Å². The van der Waals surface area contributed by atoms with Gasteiger partial charge >= 0.3 is 0 Å². The molecule has 0 N–H and O–H groups in total. The quantitative estimate of drug-likeness (QED) is 0.668. The molecule has 0 radical (unpaired) electrons. The summed E-state index contributed by atoms with van der Waals surface area (Å²) in [7, 11) is 0. The summed E-state index contributed by atoms with van der Waals surface area (Å²) in [5.74, 6) is 1.26. The maximum Gasteiger partial charge on any atom is 0.167 e. The van der Waals surface area contributed by atoms with Crippen LogP contribution in [0.3, 0.4) is 0 Å². The first kappa shape index (κ1) is 19.8. The third-order valence-electron chi connectivity index (χ3n) is 7.16. The monoisotopic (exact) mass is 404 g/mol. The van der Waals surface area contributed by atoms with Gasteiger partial charge in [0.05, 0.1) is 12.7 Å². The number of anilines is 1. The Morgan fingerprint density at radius 1 is 0.900 bits per heavy atom. The van der Waals surface area contributed by atoms with E-state index < -0.39 is 0 Å². The number of hydrogen-bond donors (Lipinski definition) is 0. The molecule has 0 amide bonds. The van der Waals surface area contributed by atoms with Crippen molar-refractivity contribution < 1.29 is 9.53 Å². The van der Waals surface area contributed by atoms with Gasteiger partial charge in [-0.2, -0.15) is 0 Å². The van der Waals surface area contributed by atoms with E-state index in [1.165, 1.54) is 37.2 Å². The van der Waals surface area contributed by atoms with Crippen LogP contribution < -0.4 is 4.90 Å². The number of fused-ring (bicyclic) bond motifs is 4. The van der Waals surface area contributed by atoms with Gasteiger partial charge < -0.3 is 14.5 Å². The lowest BCUT2D eigenvalue weighted by Gasteiger charge is -2.26. The maximum atomic E-state index is 13.1. The largest absolute Gasteiger partial charge is 0.372 e. The number of rotatable bonds is 6. The molecule has 4 nitrogen and oxygen atoms in total. The van der Waals surface area contributed by atoms with Crippen LogP contribution in [0, 0.1) is 11.8 Å². The van der Waals surface area contributed by atoms with Crippen molar-refractivity contribution in [3.05, 3.63) is 65.7 Å². The second kappa shape index (κ2) is 8.91. The molecular weight excluding hydrogens is 372 g/mol. The summed E-state index contributed by atoms with van der Waals surface area (Å²) < 4.78 is 6.12. The molecule has 4 aliphatic rings. The standard InChI is InChI=1S/C26H32N2O2/c29-26(23-16-20-10-13-27(17-23)14-11-20)22-6-8-24(9-7-22)28-15-12-25(18-28)30-19-21-4-2-1-3-5-21/h1-9,20,23,25H,10-19H2. The zero-order chi connectivity index (χ0) is 20.3. The SMILES string of the molecule is O=C(c1ccc(N2CCC(OCc3ccccc3)C2)cc1)C1CC2CCN(CC2)C1. The second-order valence-corrected chi connectivity index (χ2v) is 9.24. The van der Waals surface area contributed by atoms with Crippen LogP contribution in [0.5, 0.6) is 0 Å². The summed E-state index contributed by atoms with van der Waals surface area (Å²) in [6.45, 7) is 5.90. The Bertz CT molecular complexity index is 829. The fourth-order valence-electron chi connectivity index (χ4n) is 5.34. The summed E-state index contributed by atoms with van der Waals surface area (Å²) in [5, 5.41) is 0. The van der Waals surface area contributed by atoms with Gasteiger partial charge in [-0.25, -0.2) is 0 Å². The minimum absolute atomic E-state index is 0.174. The molecule has 2 aromatic carbocycles. The molecule has 0 spiro atoms. The smallest absolute Gasteiger partial charge is 0.167 e. The predicted octanol–water partition coefficient (Wildman–Crippen LogP) is 4.40. The van der Waals surface area contributed by atoms with E-state index >= 15 is 0 Å². The average Bonchev–Trinajstić information content (AvgIpc) is 3.07. The fraction of sp³-hybridized carbons (Fsp3) is 0.500. The van der Waals surface area contributed by atoms with Crippen LogP contribution in [0.1, 0.15) is 41.6 Å². The van der Waals surface area contributed by atoms with Gasteiger partial charge in [-0.05, 0) is 74.5 Å². The fourth-order valence-corrected chi connectivity index (χ4v) is 5.34. The van der Waals surface area contributed by atoms with Crippen molar-refractivity contribution >= 4 is 11.5 Å². The van der Waals surface area contributed by atoms with E-state index in [-0.39, 0.29) is 12.0 Å². The first-order chi connectivity index (χ1) is 14.7. The van der Waals surface area contributed by atoms with Gasteiger partial charge in [0.2, 0.25) is 0 Å². The number of nitrogens with zero attached hydrogens (tertiary/aromatic N) is 2. The highest BCUT2D eigenvalue weighted by Crippen LogP contribution is 2.32. The molecule has 30 heavy (non-hydrogen) atoms. The van der Waals surface area contributed by atoms with Crippen molar-refractivity contribution in [3.8, 4) is 0 Å². The van der Waals surface area contributed by atoms with E-state index in [4.69, 9.17) is 4.74 Å². The van der Waals surface area contributed by atoms with E-state index in [0.29, 0.717) is 12.4 Å². The number of ketones is 1. The number of carbonyl (C=O) groups excluding carboxylic acids is 1. The molecule has 4 fully saturated rings. The van der Waals surface area contributed by atoms with Crippen LogP contribution >= 0.6 is 0 Å². The predicted molar refractivity (Wildman–Crippen MR) is 120 cm³/mol. The van der Waals surface area contributed by atoms with Crippen LogP contribution in [0.2, 0.25) is 0 Å². The highest BCUT2D eigenvalue weighted by Gasteiger charge is 2.33. The Kier molecular flexibility index (Phi) is 5.87. The Balaban J connectivity index is 1.17. The Morgan fingerprint density at radius 2 is 1.67 bits per heavy atom. The lowest BCUT2D eigenvalue weighted by atomic mass is 9.87. The zero-order valence-electron chi connectivity index (χ0n) is 17.7. The van der Waals surface area contributed by atoms with Crippen LogP contribution in [0.4, 0.5) is 5.69 Å². The molecule has 4 aliphatic heterocycles. The topological polar surface area (TPSA) is 32.8 Å². The Labute approximate surface area is 179 Å². The highest BCUT2D eigenvalue weighted by atomic mass is 16.5. The maximum absolute atomic E-state index is 13.1. The molecule has 0 saturated carbocycles. The van der Waals surface area contributed by atoms with Gasteiger partial charge in [-0.1, -0.05) is 30.3 Å². The molecule has 4 heteroatoms. The minimum atomic E-state index is 0.174. The van der Waals surface area contributed by atoms with E-state index in [1.54, 1.807) is 0 Å². The number of benzene rings is 2. The molecule has 0 aromatic heterocycles.